The van der Waals surface area contributed by atoms with Gasteiger partial charge in [0.1, 0.15) is 0 Å². The number of unbranched alkanes of at least 4 members (excludes halogenated alkanes) is 3. The van der Waals surface area contributed by atoms with Crippen LogP contribution in [0, 0.1) is 0 Å². The SMILES string of the molecule is CCCN(CCC)S(=O)(=O)CCCCCCCl. The predicted molar refractivity (Wildman–Crippen MR) is 75.1 cm³/mol. The number of hydrogen-bond donors (Lipinski definition) is 0. The van der Waals surface area contributed by atoms with E-state index in [9.17, 15) is 8.42 Å². The van der Waals surface area contributed by atoms with Gasteiger partial charge in [0.05, 0.1) is 5.75 Å². The number of halogens is 1. The van der Waals surface area contributed by atoms with Gasteiger partial charge in [0, 0.05) is 19.0 Å². The Bertz CT molecular complexity index is 262. The van der Waals surface area contributed by atoms with Crippen molar-refractivity contribution in [3.63, 3.8) is 0 Å². The van der Waals surface area contributed by atoms with Gasteiger partial charge in [-0.2, -0.15) is 0 Å². The van der Waals surface area contributed by atoms with Crippen molar-refractivity contribution in [2.45, 2.75) is 52.4 Å². The number of alkyl halides is 1. The Hall–Kier alpha value is 0.200. The van der Waals surface area contributed by atoms with Gasteiger partial charge < -0.3 is 0 Å². The summed E-state index contributed by atoms with van der Waals surface area (Å²) in [6.07, 6.45) is 5.48. The Kier molecular flexibility index (Phi) is 10.3. The first kappa shape index (κ1) is 17.2. The van der Waals surface area contributed by atoms with E-state index >= 15 is 0 Å². The molecule has 3 nitrogen and oxygen atoms in total. The molecule has 0 rings (SSSR count). The number of hydrogen-bond acceptors (Lipinski definition) is 2. The lowest BCUT2D eigenvalue weighted by Crippen LogP contribution is -2.34. The van der Waals surface area contributed by atoms with Crippen LogP contribution in [-0.2, 0) is 10.0 Å². The van der Waals surface area contributed by atoms with Crippen molar-refractivity contribution in [2.24, 2.45) is 0 Å². The van der Waals surface area contributed by atoms with Gasteiger partial charge >= 0.3 is 0 Å². The highest BCUT2D eigenvalue weighted by Crippen LogP contribution is 2.09. The molecule has 0 heterocycles. The molecule has 0 saturated heterocycles. The smallest absolute Gasteiger partial charge is 0.212 e. The lowest BCUT2D eigenvalue weighted by atomic mass is 10.2. The Labute approximate surface area is 112 Å². The molecular formula is C12H26ClNO2S. The maximum absolute atomic E-state index is 12.0. The van der Waals surface area contributed by atoms with Crippen LogP contribution in [0.3, 0.4) is 0 Å². The largest absolute Gasteiger partial charge is 0.214 e. The molecule has 0 amide bonds. The molecule has 0 atom stereocenters. The summed E-state index contributed by atoms with van der Waals surface area (Å²) in [6.45, 7) is 5.33. The molecule has 0 radical (unpaired) electrons. The van der Waals surface area contributed by atoms with Crippen LogP contribution in [0.15, 0.2) is 0 Å². The van der Waals surface area contributed by atoms with Gasteiger partial charge in [-0.15, -0.1) is 11.6 Å². The van der Waals surface area contributed by atoms with E-state index in [1.54, 1.807) is 4.31 Å². The molecule has 17 heavy (non-hydrogen) atoms. The lowest BCUT2D eigenvalue weighted by Gasteiger charge is -2.20. The molecule has 104 valence electrons. The van der Waals surface area contributed by atoms with Gasteiger partial charge in [-0.3, -0.25) is 0 Å². The fourth-order valence-electron chi connectivity index (χ4n) is 1.75. The minimum atomic E-state index is -3.03. The average molecular weight is 284 g/mol. The van der Waals surface area contributed by atoms with E-state index < -0.39 is 10.0 Å². The van der Waals surface area contributed by atoms with Crippen LogP contribution in [0.1, 0.15) is 52.4 Å². The minimum Gasteiger partial charge on any atom is -0.212 e. The summed E-state index contributed by atoms with van der Waals surface area (Å²) in [5, 5.41) is 0. The van der Waals surface area contributed by atoms with Gasteiger partial charge in [-0.25, -0.2) is 12.7 Å². The lowest BCUT2D eigenvalue weighted by molar-refractivity contribution is 0.408. The average Bonchev–Trinajstić information content (AvgIpc) is 2.28. The molecule has 0 bridgehead atoms. The van der Waals surface area contributed by atoms with E-state index in [1.807, 2.05) is 13.8 Å². The first-order chi connectivity index (χ1) is 8.08. The maximum atomic E-state index is 12.0. The van der Waals surface area contributed by atoms with Crippen LogP contribution in [0.4, 0.5) is 0 Å². The zero-order valence-corrected chi connectivity index (χ0v) is 12.7. The molecule has 0 fully saturated rings. The standard InChI is InChI=1S/C12H26ClNO2S/c1-3-10-14(11-4-2)17(15,16)12-8-6-5-7-9-13/h3-12H2,1-2H3. The van der Waals surface area contributed by atoms with Gasteiger partial charge in [0.25, 0.3) is 0 Å². The first-order valence-corrected chi connectivity index (χ1v) is 8.76. The highest BCUT2D eigenvalue weighted by Gasteiger charge is 2.19. The summed E-state index contributed by atoms with van der Waals surface area (Å²) >= 11 is 5.58. The van der Waals surface area contributed by atoms with Gasteiger partial charge in [-0.1, -0.05) is 26.7 Å². The second-order valence-corrected chi connectivity index (χ2v) is 6.78. The quantitative estimate of drug-likeness (QED) is 0.431. The predicted octanol–water partition coefficient (Wildman–Crippen LogP) is 3.24. The Morgan fingerprint density at radius 3 is 1.94 bits per heavy atom. The molecule has 0 aliphatic heterocycles. The number of rotatable bonds is 11. The fraction of sp³-hybridized carbons (Fsp3) is 1.00. The number of sulfonamides is 1. The molecule has 0 aliphatic rings. The molecule has 0 aliphatic carbocycles. The molecular weight excluding hydrogens is 258 g/mol. The Balaban J connectivity index is 4.04. The summed E-state index contributed by atoms with van der Waals surface area (Å²) in [4.78, 5) is 0. The summed E-state index contributed by atoms with van der Waals surface area (Å²) < 4.78 is 25.7. The highest BCUT2D eigenvalue weighted by molar-refractivity contribution is 7.89. The van der Waals surface area contributed by atoms with Crippen molar-refractivity contribution >= 4 is 21.6 Å². The Morgan fingerprint density at radius 2 is 1.47 bits per heavy atom. The van der Waals surface area contributed by atoms with Gasteiger partial charge in [0.2, 0.25) is 10.0 Å². The second kappa shape index (κ2) is 10.2. The van der Waals surface area contributed by atoms with Crippen LogP contribution in [0.25, 0.3) is 0 Å². The third-order valence-electron chi connectivity index (χ3n) is 2.63. The molecule has 0 aromatic rings. The van der Waals surface area contributed by atoms with Crippen LogP contribution in [0.5, 0.6) is 0 Å². The van der Waals surface area contributed by atoms with Crippen LogP contribution in [-0.4, -0.2) is 37.4 Å². The summed E-state index contributed by atoms with van der Waals surface area (Å²) in [5.41, 5.74) is 0. The van der Waals surface area contributed by atoms with Crippen molar-refractivity contribution in [3.05, 3.63) is 0 Å². The normalized spacial score (nSPS) is 12.2. The summed E-state index contributed by atoms with van der Waals surface area (Å²) in [7, 11) is -3.03. The second-order valence-electron chi connectivity index (χ2n) is 4.32. The van der Waals surface area contributed by atoms with Crippen molar-refractivity contribution in [1.29, 1.82) is 0 Å². The van der Waals surface area contributed by atoms with Crippen LogP contribution >= 0.6 is 11.6 Å². The highest BCUT2D eigenvalue weighted by atomic mass is 35.5. The van der Waals surface area contributed by atoms with E-state index in [1.165, 1.54) is 0 Å². The summed E-state index contributed by atoms with van der Waals surface area (Å²) in [6, 6.07) is 0. The minimum absolute atomic E-state index is 0.287. The molecule has 0 N–H and O–H groups in total. The molecule has 0 saturated carbocycles. The fourth-order valence-corrected chi connectivity index (χ4v) is 3.69. The molecule has 0 aromatic carbocycles. The molecule has 5 heteroatoms. The zero-order chi connectivity index (χ0) is 13.1. The van der Waals surface area contributed by atoms with Gasteiger partial charge in [-0.05, 0) is 25.7 Å². The van der Waals surface area contributed by atoms with E-state index in [-0.39, 0.29) is 5.75 Å². The molecule has 0 aromatic heterocycles. The van der Waals surface area contributed by atoms with Crippen molar-refractivity contribution < 1.29 is 8.42 Å². The third kappa shape index (κ3) is 8.01. The van der Waals surface area contributed by atoms with Crippen molar-refractivity contribution in [1.82, 2.24) is 4.31 Å². The third-order valence-corrected chi connectivity index (χ3v) is 4.85. The van der Waals surface area contributed by atoms with Gasteiger partial charge in [0.15, 0.2) is 0 Å². The van der Waals surface area contributed by atoms with E-state index in [4.69, 9.17) is 11.6 Å². The first-order valence-electron chi connectivity index (χ1n) is 6.62. The monoisotopic (exact) mass is 283 g/mol. The van der Waals surface area contributed by atoms with Crippen LogP contribution in [0.2, 0.25) is 0 Å². The maximum Gasteiger partial charge on any atom is 0.214 e. The zero-order valence-electron chi connectivity index (χ0n) is 11.1. The van der Waals surface area contributed by atoms with E-state index in [2.05, 4.69) is 0 Å². The summed E-state index contributed by atoms with van der Waals surface area (Å²) in [5.74, 6) is 0.958. The van der Waals surface area contributed by atoms with Crippen molar-refractivity contribution in [3.8, 4) is 0 Å². The molecule has 0 spiro atoms. The van der Waals surface area contributed by atoms with E-state index in [0.717, 1.165) is 38.5 Å². The Morgan fingerprint density at radius 1 is 0.941 bits per heavy atom. The van der Waals surface area contributed by atoms with Crippen molar-refractivity contribution in [2.75, 3.05) is 24.7 Å². The van der Waals surface area contributed by atoms with Crippen LogP contribution < -0.4 is 0 Å². The van der Waals surface area contributed by atoms with E-state index in [0.29, 0.717) is 19.0 Å². The molecule has 0 unspecified atom stereocenters. The number of nitrogens with zero attached hydrogens (tertiary/aromatic N) is 1. The topological polar surface area (TPSA) is 37.4 Å².